The summed E-state index contributed by atoms with van der Waals surface area (Å²) in [6, 6.07) is 10.8. The van der Waals surface area contributed by atoms with Crippen molar-refractivity contribution in [1.82, 2.24) is 9.88 Å². The molecule has 7 heteroatoms. The molecular formula is C16H20N4O2S. The van der Waals surface area contributed by atoms with E-state index < -0.39 is 10.0 Å². The third-order valence-electron chi connectivity index (χ3n) is 4.03. The molecule has 0 aliphatic carbocycles. The van der Waals surface area contributed by atoms with E-state index in [4.69, 9.17) is 5.14 Å². The van der Waals surface area contributed by atoms with E-state index in [1.165, 1.54) is 5.56 Å². The summed E-state index contributed by atoms with van der Waals surface area (Å²) in [5, 5.41) is 5.12. The van der Waals surface area contributed by atoms with Crippen LogP contribution in [0.4, 0.5) is 5.69 Å². The molecule has 1 saturated heterocycles. The highest BCUT2D eigenvalue weighted by Crippen LogP contribution is 2.19. The van der Waals surface area contributed by atoms with Crippen molar-refractivity contribution in [2.24, 2.45) is 5.14 Å². The van der Waals surface area contributed by atoms with Gasteiger partial charge in [0.05, 0.1) is 4.90 Å². The Morgan fingerprint density at radius 3 is 2.30 bits per heavy atom. The molecule has 0 unspecified atom stereocenters. The van der Waals surface area contributed by atoms with Crippen molar-refractivity contribution in [1.29, 1.82) is 0 Å². The molecule has 3 rings (SSSR count). The average molecular weight is 332 g/mol. The molecule has 23 heavy (non-hydrogen) atoms. The summed E-state index contributed by atoms with van der Waals surface area (Å²) >= 11 is 0. The lowest BCUT2D eigenvalue weighted by Crippen LogP contribution is -2.45. The van der Waals surface area contributed by atoms with E-state index in [2.05, 4.69) is 20.9 Å². The standard InChI is InChI=1S/C16H20N4O2S/c17-23(21,22)16-5-3-15(4-6-16)20-10-8-19(9-11-20)13-14-2-1-7-18-12-14/h1-7,12H,8-11,13H2,(H2,17,21,22). The van der Waals surface area contributed by atoms with E-state index in [0.717, 1.165) is 38.4 Å². The number of nitrogens with zero attached hydrogens (tertiary/aromatic N) is 3. The van der Waals surface area contributed by atoms with E-state index in [0.29, 0.717) is 0 Å². The number of sulfonamides is 1. The molecule has 1 aromatic heterocycles. The number of piperazine rings is 1. The first-order valence-electron chi connectivity index (χ1n) is 7.51. The van der Waals surface area contributed by atoms with Crippen LogP contribution in [0, 0.1) is 0 Å². The number of hydrogen-bond donors (Lipinski definition) is 1. The number of rotatable bonds is 4. The van der Waals surface area contributed by atoms with Gasteiger partial charge in [0, 0.05) is 50.8 Å². The summed E-state index contributed by atoms with van der Waals surface area (Å²) in [4.78, 5) is 8.95. The molecule has 6 nitrogen and oxygen atoms in total. The predicted molar refractivity (Wildman–Crippen MR) is 89.5 cm³/mol. The van der Waals surface area contributed by atoms with Gasteiger partial charge in [-0.3, -0.25) is 9.88 Å². The van der Waals surface area contributed by atoms with Gasteiger partial charge >= 0.3 is 0 Å². The van der Waals surface area contributed by atoms with Gasteiger partial charge in [0.15, 0.2) is 0 Å². The second-order valence-corrected chi connectivity index (χ2v) is 7.22. The molecule has 2 heterocycles. The molecule has 1 aliphatic heterocycles. The van der Waals surface area contributed by atoms with Crippen LogP contribution in [0.25, 0.3) is 0 Å². The van der Waals surface area contributed by atoms with Crippen LogP contribution in [0.1, 0.15) is 5.56 Å². The monoisotopic (exact) mass is 332 g/mol. The quantitative estimate of drug-likeness (QED) is 0.905. The Hall–Kier alpha value is -1.96. The Morgan fingerprint density at radius 1 is 1.04 bits per heavy atom. The first-order valence-corrected chi connectivity index (χ1v) is 9.06. The molecule has 0 amide bonds. The number of aromatic nitrogens is 1. The Labute approximate surface area is 136 Å². The average Bonchev–Trinajstić information content (AvgIpc) is 2.56. The molecule has 0 bridgehead atoms. The lowest BCUT2D eigenvalue weighted by atomic mass is 10.2. The summed E-state index contributed by atoms with van der Waals surface area (Å²) in [6.07, 6.45) is 3.69. The Balaban J connectivity index is 1.58. The van der Waals surface area contributed by atoms with E-state index in [1.807, 2.05) is 24.4 Å². The van der Waals surface area contributed by atoms with Gasteiger partial charge < -0.3 is 4.90 Å². The molecule has 0 spiro atoms. The van der Waals surface area contributed by atoms with Crippen LogP contribution in [0.5, 0.6) is 0 Å². The third kappa shape index (κ3) is 4.07. The van der Waals surface area contributed by atoms with E-state index in [9.17, 15) is 8.42 Å². The van der Waals surface area contributed by atoms with Crippen molar-refractivity contribution in [3.05, 3.63) is 54.4 Å². The van der Waals surface area contributed by atoms with Gasteiger partial charge in [0.2, 0.25) is 10.0 Å². The molecule has 0 atom stereocenters. The maximum absolute atomic E-state index is 11.3. The zero-order valence-electron chi connectivity index (χ0n) is 12.8. The largest absolute Gasteiger partial charge is 0.369 e. The van der Waals surface area contributed by atoms with Crippen LogP contribution < -0.4 is 10.0 Å². The Kier molecular flexibility index (Phi) is 4.61. The number of anilines is 1. The third-order valence-corrected chi connectivity index (χ3v) is 4.96. The van der Waals surface area contributed by atoms with Crippen molar-refractivity contribution in [2.45, 2.75) is 11.4 Å². The molecule has 1 fully saturated rings. The zero-order valence-corrected chi connectivity index (χ0v) is 13.6. The summed E-state index contributed by atoms with van der Waals surface area (Å²) in [5.74, 6) is 0. The smallest absolute Gasteiger partial charge is 0.238 e. The van der Waals surface area contributed by atoms with Gasteiger partial charge in [-0.05, 0) is 35.9 Å². The van der Waals surface area contributed by atoms with Crippen LogP contribution in [0.3, 0.4) is 0 Å². The van der Waals surface area contributed by atoms with Crippen LogP contribution >= 0.6 is 0 Å². The molecule has 2 aromatic rings. The molecular weight excluding hydrogens is 312 g/mol. The zero-order chi connectivity index (χ0) is 16.3. The van der Waals surface area contributed by atoms with E-state index in [1.54, 1.807) is 18.3 Å². The minimum atomic E-state index is -3.63. The number of nitrogens with two attached hydrogens (primary N) is 1. The van der Waals surface area contributed by atoms with Crippen molar-refractivity contribution in [2.75, 3.05) is 31.1 Å². The first-order chi connectivity index (χ1) is 11.0. The van der Waals surface area contributed by atoms with Crippen LogP contribution in [0.2, 0.25) is 0 Å². The summed E-state index contributed by atoms with van der Waals surface area (Å²) in [5.41, 5.74) is 2.25. The van der Waals surface area contributed by atoms with Crippen LogP contribution in [0.15, 0.2) is 53.7 Å². The molecule has 1 aromatic carbocycles. The van der Waals surface area contributed by atoms with Crippen LogP contribution in [-0.4, -0.2) is 44.5 Å². The Bertz CT molecular complexity index is 739. The van der Waals surface area contributed by atoms with E-state index >= 15 is 0 Å². The van der Waals surface area contributed by atoms with Gasteiger partial charge in [-0.2, -0.15) is 0 Å². The second kappa shape index (κ2) is 6.66. The fourth-order valence-corrected chi connectivity index (χ4v) is 3.28. The van der Waals surface area contributed by atoms with Crippen molar-refractivity contribution < 1.29 is 8.42 Å². The number of primary sulfonamides is 1. The minimum absolute atomic E-state index is 0.150. The van der Waals surface area contributed by atoms with Gasteiger partial charge in [-0.25, -0.2) is 13.6 Å². The Morgan fingerprint density at radius 2 is 1.74 bits per heavy atom. The lowest BCUT2D eigenvalue weighted by Gasteiger charge is -2.36. The summed E-state index contributed by atoms with van der Waals surface area (Å²) < 4.78 is 22.6. The van der Waals surface area contributed by atoms with Gasteiger partial charge in [0.25, 0.3) is 0 Å². The maximum atomic E-state index is 11.3. The van der Waals surface area contributed by atoms with Crippen LogP contribution in [-0.2, 0) is 16.6 Å². The lowest BCUT2D eigenvalue weighted by molar-refractivity contribution is 0.249. The number of hydrogen-bond acceptors (Lipinski definition) is 5. The first kappa shape index (κ1) is 15.9. The van der Waals surface area contributed by atoms with Crippen molar-refractivity contribution >= 4 is 15.7 Å². The fraction of sp³-hybridized carbons (Fsp3) is 0.312. The predicted octanol–water partition coefficient (Wildman–Crippen LogP) is 1.05. The highest BCUT2D eigenvalue weighted by molar-refractivity contribution is 7.89. The fourth-order valence-electron chi connectivity index (χ4n) is 2.76. The van der Waals surface area contributed by atoms with Gasteiger partial charge in [-0.15, -0.1) is 0 Å². The SMILES string of the molecule is NS(=O)(=O)c1ccc(N2CCN(Cc3cccnc3)CC2)cc1. The van der Waals surface area contributed by atoms with Crippen molar-refractivity contribution in [3.63, 3.8) is 0 Å². The summed E-state index contributed by atoms with van der Waals surface area (Å²) in [6.45, 7) is 4.66. The number of benzene rings is 1. The molecule has 2 N–H and O–H groups in total. The van der Waals surface area contributed by atoms with Gasteiger partial charge in [-0.1, -0.05) is 6.07 Å². The maximum Gasteiger partial charge on any atom is 0.238 e. The highest BCUT2D eigenvalue weighted by atomic mass is 32.2. The second-order valence-electron chi connectivity index (χ2n) is 5.66. The van der Waals surface area contributed by atoms with Crippen molar-refractivity contribution in [3.8, 4) is 0 Å². The highest BCUT2D eigenvalue weighted by Gasteiger charge is 2.18. The normalized spacial score (nSPS) is 16.5. The minimum Gasteiger partial charge on any atom is -0.369 e. The van der Waals surface area contributed by atoms with E-state index in [-0.39, 0.29) is 4.90 Å². The topological polar surface area (TPSA) is 79.5 Å². The molecule has 1 aliphatic rings. The number of pyridine rings is 1. The molecule has 0 saturated carbocycles. The molecule has 0 radical (unpaired) electrons. The summed E-state index contributed by atoms with van der Waals surface area (Å²) in [7, 11) is -3.63. The molecule has 122 valence electrons. The van der Waals surface area contributed by atoms with Gasteiger partial charge in [0.1, 0.15) is 0 Å².